The van der Waals surface area contributed by atoms with Crippen LogP contribution < -0.4 is 0 Å². The van der Waals surface area contributed by atoms with E-state index in [1.54, 1.807) is 6.08 Å². The summed E-state index contributed by atoms with van der Waals surface area (Å²) >= 11 is 0. The number of rotatable bonds is 0. The van der Waals surface area contributed by atoms with Crippen molar-refractivity contribution in [2.24, 2.45) is 0 Å². The van der Waals surface area contributed by atoms with Crippen molar-refractivity contribution in [3.8, 4) is 0 Å². The molecule has 1 aliphatic carbocycles. The summed E-state index contributed by atoms with van der Waals surface area (Å²) < 4.78 is 17.3. The molecule has 1 saturated heterocycles. The Morgan fingerprint density at radius 2 is 2.62 bits per heavy atom. The normalized spacial score (nSPS) is 42.9. The first-order chi connectivity index (χ1) is 3.88. The molecule has 1 nitrogen and oxygen atoms in total. The van der Waals surface area contributed by atoms with Crippen LogP contribution >= 0.6 is 0 Å². The minimum absolute atomic E-state index is 0.0544. The summed E-state index contributed by atoms with van der Waals surface area (Å²) in [6.45, 7) is 0. The maximum Gasteiger partial charge on any atom is 0.135 e. The largest absolute Gasteiger partial charge is 0.362 e. The van der Waals surface area contributed by atoms with Gasteiger partial charge >= 0.3 is 0 Å². The number of hydrogen-bond acceptors (Lipinski definition) is 1. The smallest absolute Gasteiger partial charge is 0.135 e. The minimum Gasteiger partial charge on any atom is -0.362 e. The average Bonchev–Trinajstić information content (AvgIpc) is 2.45. The minimum atomic E-state index is -0.135. The van der Waals surface area contributed by atoms with Crippen molar-refractivity contribution in [3.63, 3.8) is 0 Å². The van der Waals surface area contributed by atoms with E-state index in [1.807, 2.05) is 0 Å². The van der Waals surface area contributed by atoms with Crippen LogP contribution in [0.1, 0.15) is 12.8 Å². The Hall–Kier alpha value is -0.370. The van der Waals surface area contributed by atoms with Gasteiger partial charge in [0.15, 0.2) is 0 Å². The molecule has 1 aliphatic heterocycles. The fourth-order valence-corrected chi connectivity index (χ4v) is 1.11. The molecule has 0 amide bonds. The zero-order chi connectivity index (χ0) is 5.56. The molecule has 2 heteroatoms. The van der Waals surface area contributed by atoms with Crippen LogP contribution in [0, 0.1) is 0 Å². The fraction of sp³-hybridized carbons (Fsp3) is 0.667. The number of allylic oxidation sites excluding steroid dienone is 1. The summed E-state index contributed by atoms with van der Waals surface area (Å²) in [5.41, 5.74) is 0. The third kappa shape index (κ3) is 0.494. The van der Waals surface area contributed by atoms with E-state index in [0.29, 0.717) is 0 Å². The second-order valence-electron chi connectivity index (χ2n) is 2.26. The lowest BCUT2D eigenvalue weighted by atomic mass is 10.1. The van der Waals surface area contributed by atoms with Gasteiger partial charge < -0.3 is 4.74 Å². The van der Waals surface area contributed by atoms with Gasteiger partial charge in [-0.05, 0) is 18.9 Å². The van der Waals surface area contributed by atoms with Crippen LogP contribution in [0.15, 0.2) is 11.9 Å². The van der Waals surface area contributed by atoms with Crippen LogP contribution in [-0.4, -0.2) is 12.2 Å². The fourth-order valence-electron chi connectivity index (χ4n) is 1.11. The van der Waals surface area contributed by atoms with Gasteiger partial charge in [0.2, 0.25) is 0 Å². The quantitative estimate of drug-likeness (QED) is 0.434. The molecule has 0 aromatic carbocycles. The Morgan fingerprint density at radius 3 is 3.25 bits per heavy atom. The molecular weight excluding hydrogens is 107 g/mol. The molecule has 0 spiro atoms. The SMILES string of the molecule is FC1=CCC[C@@H]2O[C@H]12. The van der Waals surface area contributed by atoms with Crippen LogP contribution in [0.2, 0.25) is 0 Å². The van der Waals surface area contributed by atoms with Crippen molar-refractivity contribution in [1.29, 1.82) is 0 Å². The number of halogens is 1. The summed E-state index contributed by atoms with van der Waals surface area (Å²) in [7, 11) is 0. The topological polar surface area (TPSA) is 12.5 Å². The molecule has 1 heterocycles. The highest BCUT2D eigenvalue weighted by Crippen LogP contribution is 2.37. The maximum atomic E-state index is 12.4. The second-order valence-corrected chi connectivity index (χ2v) is 2.26. The lowest BCUT2D eigenvalue weighted by Gasteiger charge is -1.96. The van der Waals surface area contributed by atoms with Crippen molar-refractivity contribution in [3.05, 3.63) is 11.9 Å². The van der Waals surface area contributed by atoms with Crippen LogP contribution in [0.5, 0.6) is 0 Å². The van der Waals surface area contributed by atoms with Gasteiger partial charge in [0.1, 0.15) is 11.9 Å². The molecule has 0 bridgehead atoms. The summed E-state index contributed by atoms with van der Waals surface area (Å²) in [6, 6.07) is 0. The van der Waals surface area contributed by atoms with E-state index in [9.17, 15) is 4.39 Å². The first kappa shape index (κ1) is 4.50. The molecule has 0 aromatic heterocycles. The van der Waals surface area contributed by atoms with Gasteiger partial charge in [0.25, 0.3) is 0 Å². The second kappa shape index (κ2) is 1.32. The Morgan fingerprint density at radius 1 is 1.75 bits per heavy atom. The summed E-state index contributed by atoms with van der Waals surface area (Å²) in [6.07, 6.45) is 3.59. The van der Waals surface area contributed by atoms with Gasteiger partial charge in [0.05, 0.1) is 6.10 Å². The van der Waals surface area contributed by atoms with Crippen molar-refractivity contribution < 1.29 is 9.13 Å². The average molecular weight is 114 g/mol. The summed E-state index contributed by atoms with van der Waals surface area (Å²) in [5, 5.41) is 0. The predicted octanol–water partition coefficient (Wildman–Crippen LogP) is 1.40. The summed E-state index contributed by atoms with van der Waals surface area (Å²) in [5.74, 6) is -0.0544. The van der Waals surface area contributed by atoms with Crippen LogP contribution in [0.25, 0.3) is 0 Å². The van der Waals surface area contributed by atoms with Crippen LogP contribution in [-0.2, 0) is 4.74 Å². The van der Waals surface area contributed by atoms with E-state index in [4.69, 9.17) is 4.74 Å². The summed E-state index contributed by atoms with van der Waals surface area (Å²) in [4.78, 5) is 0. The van der Waals surface area contributed by atoms with Gasteiger partial charge in [-0.1, -0.05) is 0 Å². The number of hydrogen-bond donors (Lipinski definition) is 0. The third-order valence-electron chi connectivity index (χ3n) is 1.64. The molecule has 44 valence electrons. The van der Waals surface area contributed by atoms with Crippen LogP contribution in [0.3, 0.4) is 0 Å². The number of fused-ring (bicyclic) bond motifs is 1. The predicted molar refractivity (Wildman–Crippen MR) is 27.1 cm³/mol. The van der Waals surface area contributed by atoms with Crippen LogP contribution in [0.4, 0.5) is 4.39 Å². The first-order valence-electron chi connectivity index (χ1n) is 2.89. The first-order valence-corrected chi connectivity index (χ1v) is 2.89. The highest BCUT2D eigenvalue weighted by atomic mass is 19.1. The number of epoxide rings is 1. The lowest BCUT2D eigenvalue weighted by molar-refractivity contribution is 0.367. The Balaban J connectivity index is 2.18. The molecular formula is C6H7FO. The monoisotopic (exact) mass is 114 g/mol. The molecule has 2 atom stereocenters. The van der Waals surface area contributed by atoms with Crippen molar-refractivity contribution >= 4 is 0 Å². The lowest BCUT2D eigenvalue weighted by Crippen LogP contribution is -1.99. The standard InChI is InChI=1S/C6H7FO/c7-4-2-1-3-5-6(4)8-5/h2,5-6H,1,3H2/t5-,6+/m0/s1. The molecule has 8 heavy (non-hydrogen) atoms. The van der Waals surface area contributed by atoms with Crippen molar-refractivity contribution in [1.82, 2.24) is 0 Å². The Kier molecular flexibility index (Phi) is 0.742. The van der Waals surface area contributed by atoms with Gasteiger partial charge in [-0.2, -0.15) is 0 Å². The van der Waals surface area contributed by atoms with Crippen molar-refractivity contribution in [2.45, 2.75) is 25.0 Å². The maximum absolute atomic E-state index is 12.4. The van der Waals surface area contributed by atoms with Gasteiger partial charge in [0, 0.05) is 0 Å². The zero-order valence-corrected chi connectivity index (χ0v) is 4.43. The highest BCUT2D eigenvalue weighted by molar-refractivity contribution is 5.14. The van der Waals surface area contributed by atoms with E-state index in [1.165, 1.54) is 0 Å². The van der Waals surface area contributed by atoms with E-state index in [0.717, 1.165) is 12.8 Å². The van der Waals surface area contributed by atoms with E-state index >= 15 is 0 Å². The van der Waals surface area contributed by atoms with Gasteiger partial charge in [-0.3, -0.25) is 0 Å². The van der Waals surface area contributed by atoms with Crippen molar-refractivity contribution in [2.75, 3.05) is 0 Å². The molecule has 1 fully saturated rings. The van der Waals surface area contributed by atoms with E-state index in [-0.39, 0.29) is 18.0 Å². The molecule has 0 radical (unpaired) electrons. The molecule has 0 saturated carbocycles. The van der Waals surface area contributed by atoms with E-state index < -0.39 is 0 Å². The molecule has 2 aliphatic rings. The Bertz CT molecular complexity index is 141. The van der Waals surface area contributed by atoms with Gasteiger partial charge in [-0.15, -0.1) is 0 Å². The molecule has 0 N–H and O–H groups in total. The third-order valence-corrected chi connectivity index (χ3v) is 1.64. The number of ether oxygens (including phenoxy) is 1. The molecule has 2 rings (SSSR count). The zero-order valence-electron chi connectivity index (χ0n) is 4.43. The van der Waals surface area contributed by atoms with Gasteiger partial charge in [-0.25, -0.2) is 4.39 Å². The Labute approximate surface area is 47.1 Å². The highest BCUT2D eigenvalue weighted by Gasteiger charge is 2.43. The molecule has 0 unspecified atom stereocenters. The van der Waals surface area contributed by atoms with E-state index in [2.05, 4.69) is 0 Å². The molecule has 0 aromatic rings.